The molecule has 0 bridgehead atoms. The molecule has 0 aliphatic heterocycles. The summed E-state index contributed by atoms with van der Waals surface area (Å²) in [6.45, 7) is 5.81. The Kier molecular flexibility index (Phi) is 6.13. The number of anilines is 1. The van der Waals surface area contributed by atoms with E-state index in [1.165, 1.54) is 5.56 Å². The number of hydrogen-bond acceptors (Lipinski definition) is 3. The molecule has 2 aromatic carbocycles. The minimum absolute atomic E-state index is 0.516. The second-order valence-electron chi connectivity index (χ2n) is 5.35. The summed E-state index contributed by atoms with van der Waals surface area (Å²) < 4.78 is 11.2. The molecule has 118 valence electrons. The van der Waals surface area contributed by atoms with Crippen molar-refractivity contribution in [2.24, 2.45) is 0 Å². The minimum atomic E-state index is 0.516. The molecule has 0 aromatic heterocycles. The Morgan fingerprint density at radius 1 is 1.09 bits per heavy atom. The van der Waals surface area contributed by atoms with Gasteiger partial charge in [-0.2, -0.15) is 0 Å². The van der Waals surface area contributed by atoms with Gasteiger partial charge in [-0.25, -0.2) is 0 Å². The summed E-state index contributed by atoms with van der Waals surface area (Å²) >= 11 is 0. The molecule has 0 fully saturated rings. The standard InChI is InChI=1S/C19H25NO2/c1-4-15(2)18-10-5-6-11-19(18)22-13-12-20-16-8-7-9-17(14-16)21-3/h5-11,14-15,20H,4,12-13H2,1-3H3. The maximum atomic E-state index is 5.94. The molecule has 0 spiro atoms. The third-order valence-corrected chi connectivity index (χ3v) is 3.82. The first-order valence-electron chi connectivity index (χ1n) is 7.84. The van der Waals surface area contributed by atoms with E-state index in [0.717, 1.165) is 30.2 Å². The summed E-state index contributed by atoms with van der Waals surface area (Å²) in [5, 5.41) is 3.35. The maximum absolute atomic E-state index is 5.94. The first-order valence-corrected chi connectivity index (χ1v) is 7.84. The van der Waals surface area contributed by atoms with Crippen LogP contribution in [0.5, 0.6) is 11.5 Å². The van der Waals surface area contributed by atoms with Crippen LogP contribution in [0.2, 0.25) is 0 Å². The molecule has 1 N–H and O–H groups in total. The summed E-state index contributed by atoms with van der Waals surface area (Å²) in [6.07, 6.45) is 1.11. The van der Waals surface area contributed by atoms with Crippen molar-refractivity contribution in [3.05, 3.63) is 54.1 Å². The molecule has 0 aliphatic carbocycles. The van der Waals surface area contributed by atoms with E-state index in [-0.39, 0.29) is 0 Å². The van der Waals surface area contributed by atoms with E-state index in [9.17, 15) is 0 Å². The molecule has 1 atom stereocenters. The van der Waals surface area contributed by atoms with Gasteiger partial charge in [-0.05, 0) is 36.1 Å². The van der Waals surface area contributed by atoms with E-state index in [1.807, 2.05) is 36.4 Å². The van der Waals surface area contributed by atoms with Crippen molar-refractivity contribution in [1.29, 1.82) is 0 Å². The quantitative estimate of drug-likeness (QED) is 0.717. The van der Waals surface area contributed by atoms with Gasteiger partial charge in [-0.1, -0.05) is 38.1 Å². The highest BCUT2D eigenvalue weighted by Crippen LogP contribution is 2.28. The van der Waals surface area contributed by atoms with Crippen LogP contribution in [0.4, 0.5) is 5.69 Å². The molecular weight excluding hydrogens is 274 g/mol. The zero-order valence-corrected chi connectivity index (χ0v) is 13.6. The first-order chi connectivity index (χ1) is 10.7. The average molecular weight is 299 g/mol. The van der Waals surface area contributed by atoms with Crippen molar-refractivity contribution in [1.82, 2.24) is 0 Å². The molecule has 0 heterocycles. The fourth-order valence-electron chi connectivity index (χ4n) is 2.33. The van der Waals surface area contributed by atoms with Crippen molar-refractivity contribution in [3.8, 4) is 11.5 Å². The van der Waals surface area contributed by atoms with Crippen LogP contribution in [0.25, 0.3) is 0 Å². The van der Waals surface area contributed by atoms with Gasteiger partial charge in [0.2, 0.25) is 0 Å². The highest BCUT2D eigenvalue weighted by Gasteiger charge is 2.09. The zero-order chi connectivity index (χ0) is 15.8. The zero-order valence-electron chi connectivity index (χ0n) is 13.6. The normalized spacial score (nSPS) is 11.8. The summed E-state index contributed by atoms with van der Waals surface area (Å²) in [6, 6.07) is 16.2. The molecule has 22 heavy (non-hydrogen) atoms. The smallest absolute Gasteiger partial charge is 0.122 e. The molecule has 0 aliphatic rings. The Labute approximate surface area is 133 Å². The lowest BCUT2D eigenvalue weighted by atomic mass is 9.98. The van der Waals surface area contributed by atoms with Crippen LogP contribution in [-0.4, -0.2) is 20.3 Å². The second-order valence-corrected chi connectivity index (χ2v) is 5.35. The van der Waals surface area contributed by atoms with Crippen LogP contribution in [0.3, 0.4) is 0 Å². The van der Waals surface area contributed by atoms with Gasteiger partial charge in [0.15, 0.2) is 0 Å². The number of benzene rings is 2. The van der Waals surface area contributed by atoms with Crippen LogP contribution in [0.15, 0.2) is 48.5 Å². The molecule has 3 heteroatoms. The summed E-state index contributed by atoms with van der Waals surface area (Å²) in [7, 11) is 1.67. The van der Waals surface area contributed by atoms with Gasteiger partial charge in [0.1, 0.15) is 18.1 Å². The predicted octanol–water partition coefficient (Wildman–Crippen LogP) is 4.70. The first kappa shape index (κ1) is 16.2. The Balaban J connectivity index is 1.86. The Hall–Kier alpha value is -2.16. The number of para-hydroxylation sites is 1. The van der Waals surface area contributed by atoms with Crippen LogP contribution in [0.1, 0.15) is 31.7 Å². The van der Waals surface area contributed by atoms with Gasteiger partial charge in [-0.15, -0.1) is 0 Å². The molecule has 3 nitrogen and oxygen atoms in total. The molecule has 0 amide bonds. The number of rotatable bonds is 8. The second kappa shape index (κ2) is 8.32. The molecular formula is C19H25NO2. The molecule has 0 saturated carbocycles. The lowest BCUT2D eigenvalue weighted by Crippen LogP contribution is -2.12. The molecule has 0 saturated heterocycles. The summed E-state index contributed by atoms with van der Waals surface area (Å²) in [5.41, 5.74) is 2.32. The summed E-state index contributed by atoms with van der Waals surface area (Å²) in [5.74, 6) is 2.36. The lowest BCUT2D eigenvalue weighted by molar-refractivity contribution is 0.327. The molecule has 2 aromatic rings. The van der Waals surface area contributed by atoms with Crippen molar-refractivity contribution >= 4 is 5.69 Å². The summed E-state index contributed by atoms with van der Waals surface area (Å²) in [4.78, 5) is 0. The fourth-order valence-corrected chi connectivity index (χ4v) is 2.33. The number of hydrogen-bond donors (Lipinski definition) is 1. The minimum Gasteiger partial charge on any atom is -0.497 e. The number of methoxy groups -OCH3 is 1. The van der Waals surface area contributed by atoms with Crippen molar-refractivity contribution < 1.29 is 9.47 Å². The Morgan fingerprint density at radius 3 is 2.68 bits per heavy atom. The molecule has 0 radical (unpaired) electrons. The van der Waals surface area contributed by atoms with Crippen LogP contribution < -0.4 is 14.8 Å². The monoisotopic (exact) mass is 299 g/mol. The van der Waals surface area contributed by atoms with E-state index in [0.29, 0.717) is 12.5 Å². The number of ether oxygens (including phenoxy) is 2. The number of nitrogens with one attached hydrogen (secondary N) is 1. The molecule has 1 unspecified atom stereocenters. The third kappa shape index (κ3) is 4.42. The SMILES string of the molecule is CCC(C)c1ccccc1OCCNc1cccc(OC)c1. The Bertz CT molecular complexity index is 583. The van der Waals surface area contributed by atoms with E-state index >= 15 is 0 Å². The maximum Gasteiger partial charge on any atom is 0.122 e. The van der Waals surface area contributed by atoms with E-state index in [2.05, 4.69) is 31.3 Å². The van der Waals surface area contributed by atoms with Gasteiger partial charge < -0.3 is 14.8 Å². The Morgan fingerprint density at radius 2 is 1.91 bits per heavy atom. The van der Waals surface area contributed by atoms with Crippen molar-refractivity contribution in [3.63, 3.8) is 0 Å². The highest BCUT2D eigenvalue weighted by atomic mass is 16.5. The van der Waals surface area contributed by atoms with Gasteiger partial charge in [0, 0.05) is 18.3 Å². The van der Waals surface area contributed by atoms with E-state index in [4.69, 9.17) is 9.47 Å². The van der Waals surface area contributed by atoms with Crippen molar-refractivity contribution in [2.45, 2.75) is 26.2 Å². The topological polar surface area (TPSA) is 30.5 Å². The van der Waals surface area contributed by atoms with Gasteiger partial charge in [0.05, 0.1) is 7.11 Å². The van der Waals surface area contributed by atoms with E-state index in [1.54, 1.807) is 7.11 Å². The van der Waals surface area contributed by atoms with Crippen molar-refractivity contribution in [2.75, 3.05) is 25.6 Å². The highest BCUT2D eigenvalue weighted by molar-refractivity contribution is 5.48. The molecule has 2 rings (SSSR count). The van der Waals surface area contributed by atoms with Gasteiger partial charge in [-0.3, -0.25) is 0 Å². The fraction of sp³-hybridized carbons (Fsp3) is 0.368. The van der Waals surface area contributed by atoms with Crippen LogP contribution >= 0.6 is 0 Å². The lowest BCUT2D eigenvalue weighted by Gasteiger charge is -2.16. The third-order valence-electron chi connectivity index (χ3n) is 3.82. The van der Waals surface area contributed by atoms with Crippen LogP contribution in [-0.2, 0) is 0 Å². The average Bonchev–Trinajstić information content (AvgIpc) is 2.58. The van der Waals surface area contributed by atoms with Crippen LogP contribution in [0, 0.1) is 0 Å². The van der Waals surface area contributed by atoms with Gasteiger partial charge >= 0.3 is 0 Å². The van der Waals surface area contributed by atoms with E-state index < -0.39 is 0 Å². The largest absolute Gasteiger partial charge is 0.497 e. The van der Waals surface area contributed by atoms with Gasteiger partial charge in [0.25, 0.3) is 0 Å². The predicted molar refractivity (Wildman–Crippen MR) is 92.1 cm³/mol.